The van der Waals surface area contributed by atoms with E-state index in [4.69, 9.17) is 15.9 Å². The standard InChI is InChI=1S/C12H12N4OS/c1-17-9-4-2-3-5-10(9)18-11-7-15-8(6-16-11)12(13)14/h2-7H,1H3,(H3,13,14). The van der Waals surface area contributed by atoms with Crippen molar-refractivity contribution in [3.05, 3.63) is 42.4 Å². The first-order chi connectivity index (χ1) is 8.70. The van der Waals surface area contributed by atoms with Crippen LogP contribution in [0.25, 0.3) is 0 Å². The molecule has 2 aromatic rings. The van der Waals surface area contributed by atoms with Crippen molar-refractivity contribution in [1.82, 2.24) is 9.97 Å². The summed E-state index contributed by atoms with van der Waals surface area (Å²) in [7, 11) is 1.63. The Bertz CT molecular complexity index is 556. The smallest absolute Gasteiger partial charge is 0.143 e. The zero-order chi connectivity index (χ0) is 13.0. The summed E-state index contributed by atoms with van der Waals surface area (Å²) < 4.78 is 5.26. The molecule has 2 rings (SSSR count). The third-order valence-corrected chi connectivity index (χ3v) is 3.16. The summed E-state index contributed by atoms with van der Waals surface area (Å²) in [5, 5.41) is 7.97. The molecule has 0 bridgehead atoms. The van der Waals surface area contributed by atoms with E-state index >= 15 is 0 Å². The molecule has 1 aromatic heterocycles. The predicted molar refractivity (Wildman–Crippen MR) is 70.2 cm³/mol. The lowest BCUT2D eigenvalue weighted by atomic mass is 10.3. The van der Waals surface area contributed by atoms with E-state index in [0.29, 0.717) is 5.69 Å². The number of para-hydroxylation sites is 1. The molecule has 0 unspecified atom stereocenters. The molecule has 1 aromatic carbocycles. The van der Waals surface area contributed by atoms with E-state index in [-0.39, 0.29) is 5.84 Å². The Morgan fingerprint density at radius 1 is 1.28 bits per heavy atom. The molecule has 6 heteroatoms. The van der Waals surface area contributed by atoms with Gasteiger partial charge in [0.25, 0.3) is 0 Å². The fourth-order valence-electron chi connectivity index (χ4n) is 1.32. The number of nitrogens with zero attached hydrogens (tertiary/aromatic N) is 2. The first-order valence-corrected chi connectivity index (χ1v) is 5.99. The molecule has 0 amide bonds. The van der Waals surface area contributed by atoms with Gasteiger partial charge < -0.3 is 10.5 Å². The molecular weight excluding hydrogens is 248 g/mol. The summed E-state index contributed by atoms with van der Waals surface area (Å²) in [5.74, 6) is 0.705. The van der Waals surface area contributed by atoms with Crippen LogP contribution in [0.2, 0.25) is 0 Å². The van der Waals surface area contributed by atoms with E-state index in [2.05, 4.69) is 9.97 Å². The van der Waals surface area contributed by atoms with Gasteiger partial charge >= 0.3 is 0 Å². The average molecular weight is 260 g/mol. The van der Waals surface area contributed by atoms with Gasteiger partial charge in [-0.1, -0.05) is 23.9 Å². The van der Waals surface area contributed by atoms with Crippen LogP contribution >= 0.6 is 11.8 Å². The summed E-state index contributed by atoms with van der Waals surface area (Å²) in [6, 6.07) is 7.68. The largest absolute Gasteiger partial charge is 0.496 e. The molecule has 3 N–H and O–H groups in total. The van der Waals surface area contributed by atoms with Crippen molar-refractivity contribution in [2.75, 3.05) is 7.11 Å². The van der Waals surface area contributed by atoms with Crippen LogP contribution in [0.3, 0.4) is 0 Å². The Kier molecular flexibility index (Phi) is 3.78. The Balaban J connectivity index is 2.21. The first-order valence-electron chi connectivity index (χ1n) is 5.18. The second-order valence-electron chi connectivity index (χ2n) is 3.41. The zero-order valence-electron chi connectivity index (χ0n) is 9.75. The highest BCUT2D eigenvalue weighted by Crippen LogP contribution is 2.32. The van der Waals surface area contributed by atoms with Crippen LogP contribution in [0.5, 0.6) is 5.75 Å². The van der Waals surface area contributed by atoms with Gasteiger partial charge in [-0.15, -0.1) is 0 Å². The minimum Gasteiger partial charge on any atom is -0.496 e. The van der Waals surface area contributed by atoms with Crippen LogP contribution in [0, 0.1) is 5.41 Å². The summed E-state index contributed by atoms with van der Waals surface area (Å²) in [5.41, 5.74) is 5.69. The Morgan fingerprint density at radius 3 is 2.67 bits per heavy atom. The lowest BCUT2D eigenvalue weighted by molar-refractivity contribution is 0.405. The van der Waals surface area contributed by atoms with E-state index in [1.165, 1.54) is 18.0 Å². The number of benzene rings is 1. The van der Waals surface area contributed by atoms with Crippen LogP contribution in [0.1, 0.15) is 5.69 Å². The minimum atomic E-state index is -0.0867. The van der Waals surface area contributed by atoms with Gasteiger partial charge in [0.2, 0.25) is 0 Å². The molecule has 0 spiro atoms. The lowest BCUT2D eigenvalue weighted by Gasteiger charge is -2.06. The Morgan fingerprint density at radius 2 is 2.06 bits per heavy atom. The van der Waals surface area contributed by atoms with Crippen LogP contribution in [0.15, 0.2) is 46.6 Å². The minimum absolute atomic E-state index is 0.0867. The molecule has 18 heavy (non-hydrogen) atoms. The normalized spacial score (nSPS) is 10.1. The van der Waals surface area contributed by atoms with E-state index in [1.807, 2.05) is 24.3 Å². The summed E-state index contributed by atoms with van der Waals surface area (Å²) >= 11 is 1.45. The topological polar surface area (TPSA) is 84.9 Å². The summed E-state index contributed by atoms with van der Waals surface area (Å²) in [6.45, 7) is 0. The predicted octanol–water partition coefficient (Wildman–Crippen LogP) is 1.92. The number of amidine groups is 1. The molecule has 0 radical (unpaired) electrons. The molecule has 0 fully saturated rings. The molecule has 0 aliphatic carbocycles. The third kappa shape index (κ3) is 2.78. The van der Waals surface area contributed by atoms with Crippen molar-refractivity contribution in [1.29, 1.82) is 5.41 Å². The highest BCUT2D eigenvalue weighted by Gasteiger charge is 2.06. The maximum Gasteiger partial charge on any atom is 0.143 e. The van der Waals surface area contributed by atoms with Crippen LogP contribution in [0.4, 0.5) is 0 Å². The van der Waals surface area contributed by atoms with Gasteiger partial charge in [0.05, 0.1) is 24.4 Å². The van der Waals surface area contributed by atoms with Gasteiger partial charge in [0, 0.05) is 0 Å². The molecule has 92 valence electrons. The quantitative estimate of drug-likeness (QED) is 0.648. The monoisotopic (exact) mass is 260 g/mol. The van der Waals surface area contributed by atoms with E-state index in [9.17, 15) is 0 Å². The number of ether oxygens (including phenoxy) is 1. The van der Waals surface area contributed by atoms with E-state index in [0.717, 1.165) is 15.7 Å². The van der Waals surface area contributed by atoms with Gasteiger partial charge in [0.1, 0.15) is 22.3 Å². The Hall–Kier alpha value is -2.08. The van der Waals surface area contributed by atoms with Crippen molar-refractivity contribution in [3.63, 3.8) is 0 Å². The van der Waals surface area contributed by atoms with Crippen molar-refractivity contribution < 1.29 is 4.74 Å². The van der Waals surface area contributed by atoms with E-state index in [1.54, 1.807) is 13.3 Å². The van der Waals surface area contributed by atoms with Crippen molar-refractivity contribution >= 4 is 17.6 Å². The third-order valence-electron chi connectivity index (χ3n) is 2.19. The Labute approximate surface area is 109 Å². The number of rotatable bonds is 4. The highest BCUT2D eigenvalue weighted by atomic mass is 32.2. The van der Waals surface area contributed by atoms with Gasteiger partial charge in [0.15, 0.2) is 0 Å². The average Bonchev–Trinajstić information content (AvgIpc) is 2.40. The van der Waals surface area contributed by atoms with Gasteiger partial charge in [-0.05, 0) is 12.1 Å². The van der Waals surface area contributed by atoms with Crippen molar-refractivity contribution in [3.8, 4) is 5.75 Å². The number of nitrogen functional groups attached to an aromatic ring is 1. The number of hydrogen-bond donors (Lipinski definition) is 2. The summed E-state index contributed by atoms with van der Waals surface area (Å²) in [4.78, 5) is 9.21. The molecule has 0 aliphatic heterocycles. The number of nitrogens with one attached hydrogen (secondary N) is 1. The van der Waals surface area contributed by atoms with Crippen LogP contribution in [-0.4, -0.2) is 22.9 Å². The van der Waals surface area contributed by atoms with Gasteiger partial charge in [-0.25, -0.2) is 9.97 Å². The van der Waals surface area contributed by atoms with Gasteiger partial charge in [-0.2, -0.15) is 0 Å². The van der Waals surface area contributed by atoms with Crippen LogP contribution in [-0.2, 0) is 0 Å². The summed E-state index contributed by atoms with van der Waals surface area (Å²) in [6.07, 6.45) is 3.08. The molecule has 1 heterocycles. The number of aromatic nitrogens is 2. The SMILES string of the molecule is COc1ccccc1Sc1cnc(C(=N)N)cn1. The van der Waals surface area contributed by atoms with Crippen molar-refractivity contribution in [2.45, 2.75) is 9.92 Å². The molecule has 0 atom stereocenters. The molecule has 0 aliphatic rings. The van der Waals surface area contributed by atoms with E-state index < -0.39 is 0 Å². The maximum absolute atomic E-state index is 7.24. The molecule has 0 saturated carbocycles. The fourth-order valence-corrected chi connectivity index (χ4v) is 2.16. The highest BCUT2D eigenvalue weighted by molar-refractivity contribution is 7.99. The van der Waals surface area contributed by atoms with Crippen LogP contribution < -0.4 is 10.5 Å². The molecular formula is C12H12N4OS. The second-order valence-corrected chi connectivity index (χ2v) is 4.47. The number of methoxy groups -OCH3 is 1. The van der Waals surface area contributed by atoms with Gasteiger partial charge in [-0.3, -0.25) is 5.41 Å². The lowest BCUT2D eigenvalue weighted by Crippen LogP contribution is -2.13. The maximum atomic E-state index is 7.24. The molecule has 0 saturated heterocycles. The second kappa shape index (κ2) is 5.50. The fraction of sp³-hybridized carbons (Fsp3) is 0.0833. The van der Waals surface area contributed by atoms with Crippen molar-refractivity contribution in [2.24, 2.45) is 5.73 Å². The number of hydrogen-bond acceptors (Lipinski definition) is 5. The first kappa shape index (κ1) is 12.4. The zero-order valence-corrected chi connectivity index (χ0v) is 10.6. The number of nitrogens with two attached hydrogens (primary N) is 1. The molecule has 5 nitrogen and oxygen atoms in total.